The highest BCUT2D eigenvalue weighted by Gasteiger charge is 2.17. The van der Waals surface area contributed by atoms with Crippen LogP contribution in [0.5, 0.6) is 5.75 Å². The summed E-state index contributed by atoms with van der Waals surface area (Å²) in [6.45, 7) is 2.21. The average Bonchev–Trinajstić information content (AvgIpc) is 3.23. The number of hydrogen-bond acceptors (Lipinski definition) is 6. The van der Waals surface area contributed by atoms with Crippen LogP contribution < -0.4 is 10.4 Å². The van der Waals surface area contributed by atoms with Crippen molar-refractivity contribution in [1.82, 2.24) is 0 Å². The third kappa shape index (κ3) is 3.13. The lowest BCUT2D eigenvalue weighted by Gasteiger charge is -2.10. The second-order valence-electron chi connectivity index (χ2n) is 6.12. The van der Waals surface area contributed by atoms with Gasteiger partial charge in [0.1, 0.15) is 12.7 Å². The molecule has 0 aliphatic carbocycles. The number of rotatable bonds is 5. The van der Waals surface area contributed by atoms with Gasteiger partial charge in [-0.2, -0.15) is 0 Å². The Hall–Kier alpha value is -3.28. The number of hydrogen-bond donors (Lipinski definition) is 0. The summed E-state index contributed by atoms with van der Waals surface area (Å²) >= 11 is 0. The summed E-state index contributed by atoms with van der Waals surface area (Å²) in [6, 6.07) is 6.78. The minimum Gasteiger partial charge on any atom is -0.482 e. The van der Waals surface area contributed by atoms with E-state index in [9.17, 15) is 9.59 Å². The van der Waals surface area contributed by atoms with Gasteiger partial charge in [0.2, 0.25) is 5.75 Å². The molecule has 0 amide bonds. The number of furan rings is 1. The normalized spacial score (nSPS) is 17.2. The lowest BCUT2D eigenvalue weighted by molar-refractivity contribution is -0.138. The number of fused-ring (bicyclic) bond motifs is 2. The number of benzene rings is 1. The molecule has 3 heterocycles. The molecule has 1 aromatic carbocycles. The van der Waals surface area contributed by atoms with Crippen molar-refractivity contribution in [2.75, 3.05) is 6.61 Å². The van der Waals surface area contributed by atoms with E-state index in [0.29, 0.717) is 23.3 Å². The Labute approximate surface area is 148 Å². The first-order chi connectivity index (χ1) is 12.6. The molecule has 1 aliphatic rings. The van der Waals surface area contributed by atoms with Gasteiger partial charge in [0.25, 0.3) is 0 Å². The summed E-state index contributed by atoms with van der Waals surface area (Å²) in [6.07, 6.45) is 7.01. The van der Waals surface area contributed by atoms with E-state index in [1.165, 1.54) is 12.1 Å². The van der Waals surface area contributed by atoms with E-state index in [1.54, 1.807) is 18.4 Å². The maximum absolute atomic E-state index is 11.6. The van der Waals surface area contributed by atoms with Crippen molar-refractivity contribution in [3.8, 4) is 5.75 Å². The number of esters is 1. The Kier molecular flexibility index (Phi) is 4.08. The van der Waals surface area contributed by atoms with Gasteiger partial charge >= 0.3 is 11.6 Å². The first kappa shape index (κ1) is 16.2. The maximum Gasteiger partial charge on any atom is 0.336 e. The van der Waals surface area contributed by atoms with Gasteiger partial charge in [0.05, 0.1) is 6.26 Å². The van der Waals surface area contributed by atoms with Crippen molar-refractivity contribution in [1.29, 1.82) is 0 Å². The first-order valence-electron chi connectivity index (χ1n) is 8.21. The second-order valence-corrected chi connectivity index (χ2v) is 6.12. The standard InChI is InChI=1S/C20H16O6/c1-12(10-15-3-5-16(21)25-15)6-8-24-20-18-14(7-9-23-18)11-13-2-4-17(22)26-19(13)20/h2-7,9,11,15H,8,10H2,1H3/b12-6+/t15-/m1/s1. The fourth-order valence-corrected chi connectivity index (χ4v) is 2.93. The summed E-state index contributed by atoms with van der Waals surface area (Å²) in [5.41, 5.74) is 1.46. The molecule has 0 spiro atoms. The van der Waals surface area contributed by atoms with Crippen molar-refractivity contribution >= 4 is 27.9 Å². The fraction of sp³-hybridized carbons (Fsp3) is 0.200. The molecule has 26 heavy (non-hydrogen) atoms. The first-order valence-corrected chi connectivity index (χ1v) is 8.21. The summed E-state index contributed by atoms with van der Waals surface area (Å²) in [5.74, 6) is 0.0847. The van der Waals surface area contributed by atoms with Crippen LogP contribution in [-0.4, -0.2) is 18.7 Å². The molecular formula is C20H16O6. The number of carbonyl (C=O) groups excluding carboxylic acids is 1. The molecule has 0 radical (unpaired) electrons. The van der Waals surface area contributed by atoms with Gasteiger partial charge in [0.15, 0.2) is 11.2 Å². The second kappa shape index (κ2) is 6.55. The highest BCUT2D eigenvalue weighted by Crippen LogP contribution is 2.35. The largest absolute Gasteiger partial charge is 0.482 e. The SMILES string of the molecule is C/C(=C\COc1c2occc2cc2ccc(=O)oc12)C[C@H]1C=CC(=O)O1. The minimum absolute atomic E-state index is 0.230. The zero-order valence-electron chi connectivity index (χ0n) is 14.1. The van der Waals surface area contributed by atoms with Crippen molar-refractivity contribution < 1.29 is 23.1 Å². The third-order valence-electron chi connectivity index (χ3n) is 4.18. The van der Waals surface area contributed by atoms with Gasteiger partial charge in [-0.05, 0) is 37.3 Å². The van der Waals surface area contributed by atoms with Gasteiger partial charge in [-0.1, -0.05) is 5.57 Å². The van der Waals surface area contributed by atoms with E-state index in [1.807, 2.05) is 25.1 Å². The summed E-state index contributed by atoms with van der Waals surface area (Å²) in [4.78, 5) is 22.7. The molecule has 0 N–H and O–H groups in total. The molecule has 1 aliphatic heterocycles. The summed E-state index contributed by atoms with van der Waals surface area (Å²) in [5, 5.41) is 1.63. The Morgan fingerprint density at radius 1 is 1.19 bits per heavy atom. The average molecular weight is 352 g/mol. The van der Waals surface area contributed by atoms with E-state index >= 15 is 0 Å². The molecule has 4 rings (SSSR count). The number of cyclic esters (lactones) is 1. The zero-order chi connectivity index (χ0) is 18.1. The molecule has 0 bridgehead atoms. The number of carbonyl (C=O) groups is 1. The van der Waals surface area contributed by atoms with Crippen LogP contribution in [0.15, 0.2) is 68.0 Å². The fourth-order valence-electron chi connectivity index (χ4n) is 2.93. The summed E-state index contributed by atoms with van der Waals surface area (Å²) < 4.78 is 21.8. The monoisotopic (exact) mass is 352 g/mol. The van der Waals surface area contributed by atoms with E-state index in [4.69, 9.17) is 18.3 Å². The Morgan fingerprint density at radius 2 is 2.04 bits per heavy atom. The minimum atomic E-state index is -0.449. The highest BCUT2D eigenvalue weighted by atomic mass is 16.5. The predicted octanol–water partition coefficient (Wildman–Crippen LogP) is 3.74. The van der Waals surface area contributed by atoms with Crippen molar-refractivity contribution in [2.24, 2.45) is 0 Å². The molecule has 2 aromatic heterocycles. The molecule has 132 valence electrons. The lowest BCUT2D eigenvalue weighted by Crippen LogP contribution is -2.08. The Morgan fingerprint density at radius 3 is 2.85 bits per heavy atom. The van der Waals surface area contributed by atoms with Crippen LogP contribution >= 0.6 is 0 Å². The zero-order valence-corrected chi connectivity index (χ0v) is 14.1. The Balaban J connectivity index is 1.57. The van der Waals surface area contributed by atoms with Crippen LogP contribution in [-0.2, 0) is 9.53 Å². The maximum atomic E-state index is 11.6. The predicted molar refractivity (Wildman–Crippen MR) is 95.1 cm³/mol. The lowest BCUT2D eigenvalue weighted by atomic mass is 10.1. The highest BCUT2D eigenvalue weighted by molar-refractivity contribution is 5.99. The Bertz CT molecular complexity index is 1100. The molecule has 0 saturated carbocycles. The topological polar surface area (TPSA) is 78.9 Å². The molecule has 0 saturated heterocycles. The third-order valence-corrected chi connectivity index (χ3v) is 4.18. The summed E-state index contributed by atoms with van der Waals surface area (Å²) in [7, 11) is 0. The quantitative estimate of drug-likeness (QED) is 0.395. The van der Waals surface area contributed by atoms with Gasteiger partial charge in [-0.15, -0.1) is 0 Å². The molecule has 3 aromatic rings. The van der Waals surface area contributed by atoms with Crippen LogP contribution in [0, 0.1) is 0 Å². The van der Waals surface area contributed by atoms with Gasteiger partial charge in [0, 0.05) is 29.3 Å². The van der Waals surface area contributed by atoms with Crippen LogP contribution in [0.1, 0.15) is 13.3 Å². The van der Waals surface area contributed by atoms with Gasteiger partial charge < -0.3 is 18.3 Å². The van der Waals surface area contributed by atoms with Crippen molar-refractivity contribution in [2.45, 2.75) is 19.4 Å². The van der Waals surface area contributed by atoms with E-state index < -0.39 is 5.63 Å². The molecule has 0 fully saturated rings. The van der Waals surface area contributed by atoms with Gasteiger partial charge in [-0.3, -0.25) is 0 Å². The van der Waals surface area contributed by atoms with Crippen LogP contribution in [0.2, 0.25) is 0 Å². The molecule has 0 unspecified atom stereocenters. The smallest absolute Gasteiger partial charge is 0.336 e. The van der Waals surface area contributed by atoms with Crippen molar-refractivity contribution in [3.63, 3.8) is 0 Å². The van der Waals surface area contributed by atoms with E-state index in [0.717, 1.165) is 16.3 Å². The molecule has 6 nitrogen and oxygen atoms in total. The molecular weight excluding hydrogens is 336 g/mol. The van der Waals surface area contributed by atoms with Crippen LogP contribution in [0.3, 0.4) is 0 Å². The van der Waals surface area contributed by atoms with Crippen LogP contribution in [0.25, 0.3) is 21.9 Å². The van der Waals surface area contributed by atoms with Crippen LogP contribution in [0.4, 0.5) is 0 Å². The molecule has 1 atom stereocenters. The van der Waals surface area contributed by atoms with E-state index in [2.05, 4.69) is 0 Å². The van der Waals surface area contributed by atoms with Gasteiger partial charge in [-0.25, -0.2) is 9.59 Å². The number of ether oxygens (including phenoxy) is 2. The van der Waals surface area contributed by atoms with E-state index in [-0.39, 0.29) is 18.7 Å². The van der Waals surface area contributed by atoms with Crippen molar-refractivity contribution in [3.05, 3.63) is 64.7 Å². The molecule has 6 heteroatoms.